The summed E-state index contributed by atoms with van der Waals surface area (Å²) in [4.78, 5) is 12.0. The first-order chi connectivity index (χ1) is 12.5. The summed E-state index contributed by atoms with van der Waals surface area (Å²) in [6.45, 7) is 5.00. The Morgan fingerprint density at radius 1 is 1.23 bits per heavy atom. The molecule has 0 bridgehead atoms. The second-order valence-electron chi connectivity index (χ2n) is 6.29. The third-order valence-corrected chi connectivity index (χ3v) is 4.34. The zero-order valence-corrected chi connectivity index (χ0v) is 14.9. The highest BCUT2D eigenvalue weighted by atomic mass is 19.1. The summed E-state index contributed by atoms with van der Waals surface area (Å²) in [6.07, 6.45) is 4.78. The minimum atomic E-state index is -0.257. The van der Waals surface area contributed by atoms with Gasteiger partial charge in [-0.2, -0.15) is 10.2 Å². The van der Waals surface area contributed by atoms with Gasteiger partial charge < -0.3 is 5.32 Å². The molecule has 0 radical (unpaired) electrons. The Morgan fingerprint density at radius 3 is 2.69 bits per heavy atom. The maximum absolute atomic E-state index is 13.0. The molecule has 0 aliphatic carbocycles. The van der Waals surface area contributed by atoms with Crippen LogP contribution in [0.2, 0.25) is 0 Å². The summed E-state index contributed by atoms with van der Waals surface area (Å²) in [7, 11) is 0. The van der Waals surface area contributed by atoms with Crippen molar-refractivity contribution in [2.45, 2.75) is 39.8 Å². The molecular formula is C19H22FN5O. The van der Waals surface area contributed by atoms with Gasteiger partial charge in [0.15, 0.2) is 0 Å². The first-order valence-corrected chi connectivity index (χ1v) is 8.58. The van der Waals surface area contributed by atoms with Crippen molar-refractivity contribution in [3.63, 3.8) is 0 Å². The van der Waals surface area contributed by atoms with Crippen LogP contribution in [0.4, 0.5) is 4.39 Å². The smallest absolute Gasteiger partial charge is 0.220 e. The third kappa shape index (κ3) is 4.36. The monoisotopic (exact) mass is 355 g/mol. The highest BCUT2D eigenvalue weighted by Crippen LogP contribution is 2.18. The Balaban J connectivity index is 1.45. The van der Waals surface area contributed by atoms with E-state index >= 15 is 0 Å². The molecular weight excluding hydrogens is 333 g/mol. The molecule has 0 atom stereocenters. The maximum Gasteiger partial charge on any atom is 0.220 e. The van der Waals surface area contributed by atoms with E-state index < -0.39 is 0 Å². The lowest BCUT2D eigenvalue weighted by atomic mass is 10.1. The fraction of sp³-hybridized carbons (Fsp3) is 0.316. The van der Waals surface area contributed by atoms with E-state index in [9.17, 15) is 9.18 Å². The highest BCUT2D eigenvalue weighted by Gasteiger charge is 2.08. The Kier molecular flexibility index (Phi) is 5.46. The van der Waals surface area contributed by atoms with Crippen LogP contribution >= 0.6 is 0 Å². The molecule has 0 aliphatic heterocycles. The van der Waals surface area contributed by atoms with Crippen LogP contribution in [0.3, 0.4) is 0 Å². The molecule has 1 amide bonds. The molecule has 0 fully saturated rings. The topological polar surface area (TPSA) is 75.6 Å². The van der Waals surface area contributed by atoms with Gasteiger partial charge in [-0.15, -0.1) is 0 Å². The van der Waals surface area contributed by atoms with Gasteiger partial charge in [0, 0.05) is 42.5 Å². The van der Waals surface area contributed by atoms with E-state index in [0.717, 1.165) is 28.1 Å². The predicted molar refractivity (Wildman–Crippen MR) is 96.8 cm³/mol. The molecule has 2 heterocycles. The number of rotatable bonds is 7. The number of nitrogens with zero attached hydrogens (tertiary/aromatic N) is 3. The van der Waals surface area contributed by atoms with E-state index in [0.29, 0.717) is 25.9 Å². The Morgan fingerprint density at radius 2 is 2.00 bits per heavy atom. The summed E-state index contributed by atoms with van der Waals surface area (Å²) >= 11 is 0. The number of hydrogen-bond acceptors (Lipinski definition) is 3. The van der Waals surface area contributed by atoms with Crippen molar-refractivity contribution in [2.24, 2.45) is 0 Å². The molecule has 0 saturated heterocycles. The lowest BCUT2D eigenvalue weighted by Gasteiger charge is -2.06. The molecule has 26 heavy (non-hydrogen) atoms. The van der Waals surface area contributed by atoms with Gasteiger partial charge in [0.05, 0.1) is 11.9 Å². The second kappa shape index (κ2) is 7.95. The fourth-order valence-corrected chi connectivity index (χ4v) is 2.79. The average Bonchev–Trinajstić information content (AvgIpc) is 3.21. The van der Waals surface area contributed by atoms with Crippen LogP contribution in [0.25, 0.3) is 11.1 Å². The number of H-pyrrole nitrogens is 1. The van der Waals surface area contributed by atoms with Crippen molar-refractivity contribution >= 4 is 5.91 Å². The largest absolute Gasteiger partial charge is 0.352 e. The zero-order chi connectivity index (χ0) is 18.5. The van der Waals surface area contributed by atoms with Crippen molar-refractivity contribution in [3.05, 3.63) is 59.4 Å². The van der Waals surface area contributed by atoms with Crippen molar-refractivity contribution in [2.75, 3.05) is 0 Å². The number of aromatic amines is 1. The second-order valence-corrected chi connectivity index (χ2v) is 6.29. The average molecular weight is 355 g/mol. The zero-order valence-electron chi connectivity index (χ0n) is 14.9. The first-order valence-electron chi connectivity index (χ1n) is 8.58. The predicted octanol–water partition coefficient (Wildman–Crippen LogP) is 3.13. The van der Waals surface area contributed by atoms with E-state index in [1.54, 1.807) is 23.0 Å². The van der Waals surface area contributed by atoms with Gasteiger partial charge in [-0.3, -0.25) is 14.6 Å². The molecule has 2 N–H and O–H groups in total. The van der Waals surface area contributed by atoms with Crippen molar-refractivity contribution in [3.8, 4) is 11.1 Å². The van der Waals surface area contributed by atoms with Crippen LogP contribution in [-0.2, 0) is 17.9 Å². The van der Waals surface area contributed by atoms with Crippen LogP contribution in [0, 0.1) is 19.7 Å². The van der Waals surface area contributed by atoms with E-state index in [2.05, 4.69) is 20.6 Å². The van der Waals surface area contributed by atoms with E-state index in [1.165, 1.54) is 12.1 Å². The van der Waals surface area contributed by atoms with Gasteiger partial charge in [0.1, 0.15) is 5.82 Å². The quantitative estimate of drug-likeness (QED) is 0.684. The molecule has 3 rings (SSSR count). The number of amides is 1. The number of aryl methyl sites for hydroxylation is 3. The Hall–Kier alpha value is -2.96. The standard InChI is InChI=1S/C19H22FN5O/c1-13-18(14(2)24-23-13)11-21-19(26)4-3-9-25-12-16(10-22-25)15-5-7-17(20)8-6-15/h5-8,10,12H,3-4,9,11H2,1-2H3,(H,21,26)(H,23,24). The molecule has 1 aromatic carbocycles. The van der Waals surface area contributed by atoms with Crippen LogP contribution < -0.4 is 5.32 Å². The van der Waals surface area contributed by atoms with Crippen LogP contribution in [0.15, 0.2) is 36.7 Å². The summed E-state index contributed by atoms with van der Waals surface area (Å²) in [5.41, 5.74) is 4.77. The lowest BCUT2D eigenvalue weighted by molar-refractivity contribution is -0.121. The minimum Gasteiger partial charge on any atom is -0.352 e. The van der Waals surface area contributed by atoms with Gasteiger partial charge in [0.25, 0.3) is 0 Å². The fourth-order valence-electron chi connectivity index (χ4n) is 2.79. The van der Waals surface area contributed by atoms with E-state index in [1.807, 2.05) is 20.0 Å². The number of aromatic nitrogens is 4. The minimum absolute atomic E-state index is 0.0101. The summed E-state index contributed by atoms with van der Waals surface area (Å²) in [5, 5.41) is 14.3. The van der Waals surface area contributed by atoms with Gasteiger partial charge in [-0.1, -0.05) is 12.1 Å². The Bertz CT molecular complexity index is 862. The molecule has 6 nitrogen and oxygen atoms in total. The number of hydrogen-bond donors (Lipinski definition) is 2. The summed E-state index contributed by atoms with van der Waals surface area (Å²) in [5.74, 6) is -0.246. The van der Waals surface area contributed by atoms with Crippen LogP contribution in [0.5, 0.6) is 0 Å². The van der Waals surface area contributed by atoms with Crippen LogP contribution in [0.1, 0.15) is 29.8 Å². The van der Waals surface area contributed by atoms with Gasteiger partial charge in [-0.05, 0) is 38.0 Å². The van der Waals surface area contributed by atoms with Crippen molar-refractivity contribution < 1.29 is 9.18 Å². The van der Waals surface area contributed by atoms with E-state index in [4.69, 9.17) is 0 Å². The molecule has 0 unspecified atom stereocenters. The lowest BCUT2D eigenvalue weighted by Crippen LogP contribution is -2.23. The number of carbonyl (C=O) groups is 1. The highest BCUT2D eigenvalue weighted by molar-refractivity contribution is 5.75. The van der Waals surface area contributed by atoms with Gasteiger partial charge >= 0.3 is 0 Å². The maximum atomic E-state index is 13.0. The number of carbonyl (C=O) groups excluding carboxylic acids is 1. The third-order valence-electron chi connectivity index (χ3n) is 4.34. The van der Waals surface area contributed by atoms with Gasteiger partial charge in [-0.25, -0.2) is 4.39 Å². The van der Waals surface area contributed by atoms with Crippen molar-refractivity contribution in [1.82, 2.24) is 25.3 Å². The molecule has 7 heteroatoms. The molecule has 0 saturated carbocycles. The molecule has 3 aromatic rings. The molecule has 136 valence electrons. The van der Waals surface area contributed by atoms with E-state index in [-0.39, 0.29) is 11.7 Å². The first kappa shape index (κ1) is 17.8. The van der Waals surface area contributed by atoms with Gasteiger partial charge in [0.2, 0.25) is 5.91 Å². The molecule has 0 aliphatic rings. The number of halogens is 1. The summed E-state index contributed by atoms with van der Waals surface area (Å²) < 4.78 is 14.8. The van der Waals surface area contributed by atoms with Crippen molar-refractivity contribution in [1.29, 1.82) is 0 Å². The SMILES string of the molecule is Cc1n[nH]c(C)c1CNC(=O)CCCn1cc(-c2ccc(F)cc2)cn1. The normalized spacial score (nSPS) is 10.9. The molecule has 2 aromatic heterocycles. The van der Waals surface area contributed by atoms with Crippen LogP contribution in [-0.4, -0.2) is 25.9 Å². The Labute approximate surface area is 151 Å². The number of benzene rings is 1. The summed E-state index contributed by atoms with van der Waals surface area (Å²) in [6, 6.07) is 6.31. The molecule has 0 spiro atoms. The number of nitrogens with one attached hydrogen (secondary N) is 2.